The van der Waals surface area contributed by atoms with E-state index >= 15 is 0 Å². The first-order valence-corrected chi connectivity index (χ1v) is 11.4. The average Bonchev–Trinajstić information content (AvgIpc) is 3.25. The van der Waals surface area contributed by atoms with Crippen LogP contribution in [0.1, 0.15) is 11.4 Å². The molecule has 4 rings (SSSR count). The number of benzene rings is 2. The lowest BCUT2D eigenvalue weighted by atomic mass is 10.2. The third-order valence-electron chi connectivity index (χ3n) is 4.54. The van der Waals surface area contributed by atoms with Crippen molar-refractivity contribution in [2.75, 3.05) is 7.05 Å². The van der Waals surface area contributed by atoms with E-state index in [-0.39, 0.29) is 0 Å². The van der Waals surface area contributed by atoms with E-state index in [1.165, 1.54) is 6.07 Å². The van der Waals surface area contributed by atoms with Crippen LogP contribution in [0.25, 0.3) is 10.2 Å². The molecule has 0 fully saturated rings. The van der Waals surface area contributed by atoms with E-state index < -0.39 is 11.6 Å². The van der Waals surface area contributed by atoms with Crippen LogP contribution in [0.3, 0.4) is 0 Å². The minimum absolute atomic E-state index is 0.442. The monoisotopic (exact) mass is 463 g/mol. The molecule has 0 spiro atoms. The van der Waals surface area contributed by atoms with E-state index in [2.05, 4.69) is 16.1 Å². The van der Waals surface area contributed by atoms with Gasteiger partial charge in [-0.05, 0) is 49.1 Å². The van der Waals surface area contributed by atoms with E-state index in [1.807, 2.05) is 41.8 Å². The Balaban J connectivity index is 1.42. The Morgan fingerprint density at radius 2 is 1.97 bits per heavy atom. The highest BCUT2D eigenvalue weighted by Crippen LogP contribution is 2.31. The average molecular weight is 464 g/mol. The van der Waals surface area contributed by atoms with Gasteiger partial charge < -0.3 is 4.57 Å². The van der Waals surface area contributed by atoms with E-state index in [1.54, 1.807) is 33.8 Å². The molecule has 0 saturated carbocycles. The Labute approximate surface area is 186 Å². The fourth-order valence-corrected chi connectivity index (χ4v) is 5.27. The Morgan fingerprint density at radius 1 is 1.17 bits per heavy atom. The summed E-state index contributed by atoms with van der Waals surface area (Å²) in [5, 5.41) is 4.65. The van der Waals surface area contributed by atoms with Crippen molar-refractivity contribution in [2.45, 2.75) is 23.3 Å². The van der Waals surface area contributed by atoms with Gasteiger partial charge in [0.15, 0.2) is 20.7 Å². The van der Waals surface area contributed by atoms with Crippen LogP contribution in [0.5, 0.6) is 0 Å². The van der Waals surface area contributed by atoms with Gasteiger partial charge in [-0.15, -0.1) is 11.3 Å². The third-order valence-corrected chi connectivity index (χ3v) is 7.20. The first-order chi connectivity index (χ1) is 14.4. The van der Waals surface area contributed by atoms with Crippen molar-refractivity contribution in [3.8, 4) is 0 Å². The topological polar surface area (TPSA) is 38.9 Å². The minimum Gasteiger partial charge on any atom is -0.306 e. The fourth-order valence-electron chi connectivity index (χ4n) is 3.02. The largest absolute Gasteiger partial charge is 0.306 e. The van der Waals surface area contributed by atoms with E-state index in [0.717, 1.165) is 26.4 Å². The summed E-state index contributed by atoms with van der Waals surface area (Å²) in [4.78, 5) is 6.59. The number of nitrogens with zero attached hydrogens (tertiary/aromatic N) is 5. The van der Waals surface area contributed by atoms with Gasteiger partial charge >= 0.3 is 0 Å². The van der Waals surface area contributed by atoms with Crippen molar-refractivity contribution in [1.82, 2.24) is 24.2 Å². The van der Waals surface area contributed by atoms with Gasteiger partial charge in [-0.1, -0.05) is 30.0 Å². The molecule has 30 heavy (non-hydrogen) atoms. The Kier molecular flexibility index (Phi) is 6.28. The SMILES string of the molecule is CN(Cc1ccc(F)c(F)c1)Cn1nc(CSc2nc3ccccc3s2)n(C)c1=S. The number of halogens is 2. The van der Waals surface area contributed by atoms with Crippen LogP contribution in [0.15, 0.2) is 46.8 Å². The van der Waals surface area contributed by atoms with Crippen molar-refractivity contribution in [3.05, 3.63) is 70.3 Å². The van der Waals surface area contributed by atoms with Crippen LogP contribution in [0.2, 0.25) is 0 Å². The smallest absolute Gasteiger partial charge is 0.198 e. The van der Waals surface area contributed by atoms with E-state index in [4.69, 9.17) is 12.2 Å². The predicted molar refractivity (Wildman–Crippen MR) is 119 cm³/mol. The second-order valence-corrected chi connectivity index (χ2v) is 9.52. The van der Waals surface area contributed by atoms with Crippen molar-refractivity contribution in [3.63, 3.8) is 0 Å². The molecule has 0 atom stereocenters. The minimum atomic E-state index is -0.844. The predicted octanol–water partition coefficient (Wildman–Crippen LogP) is 5.22. The van der Waals surface area contributed by atoms with Gasteiger partial charge in [-0.2, -0.15) is 5.10 Å². The van der Waals surface area contributed by atoms with Gasteiger partial charge in [0.05, 0.1) is 22.6 Å². The third kappa shape index (κ3) is 4.61. The zero-order chi connectivity index (χ0) is 21.3. The van der Waals surface area contributed by atoms with Crippen molar-refractivity contribution < 1.29 is 8.78 Å². The number of aromatic nitrogens is 4. The second-order valence-electron chi connectivity index (χ2n) is 6.90. The summed E-state index contributed by atoms with van der Waals surface area (Å²) >= 11 is 8.82. The van der Waals surface area contributed by atoms with Crippen molar-refractivity contribution >= 4 is 45.5 Å². The maximum absolute atomic E-state index is 13.4. The standard InChI is InChI=1S/C20H19F2N5S3/c1-25(10-13-7-8-14(21)15(22)9-13)12-27-20(28)26(2)18(24-27)11-29-19-23-16-5-3-4-6-17(16)30-19/h3-9H,10-12H2,1-2H3. The van der Waals surface area contributed by atoms with Gasteiger partial charge in [-0.3, -0.25) is 4.90 Å². The van der Waals surface area contributed by atoms with Gasteiger partial charge in [0.25, 0.3) is 0 Å². The summed E-state index contributed by atoms with van der Waals surface area (Å²) in [6.07, 6.45) is 0. The summed E-state index contributed by atoms with van der Waals surface area (Å²) in [5.74, 6) is -0.182. The molecule has 0 unspecified atom stereocenters. The summed E-state index contributed by atoms with van der Waals surface area (Å²) in [6.45, 7) is 0.892. The van der Waals surface area contributed by atoms with Gasteiger partial charge in [0, 0.05) is 13.6 Å². The van der Waals surface area contributed by atoms with Crippen LogP contribution in [-0.4, -0.2) is 31.3 Å². The molecule has 0 aliphatic rings. The lowest BCUT2D eigenvalue weighted by molar-refractivity contribution is 0.243. The highest BCUT2D eigenvalue weighted by molar-refractivity contribution is 8.00. The number of thioether (sulfide) groups is 1. The fraction of sp³-hybridized carbons (Fsp3) is 0.250. The second kappa shape index (κ2) is 8.93. The summed E-state index contributed by atoms with van der Waals surface area (Å²) in [7, 11) is 3.78. The zero-order valence-electron chi connectivity index (χ0n) is 16.4. The van der Waals surface area contributed by atoms with Crippen LogP contribution in [0, 0.1) is 16.4 Å². The molecule has 0 aliphatic carbocycles. The van der Waals surface area contributed by atoms with Gasteiger partial charge in [0.1, 0.15) is 5.82 Å². The number of para-hydroxylation sites is 1. The van der Waals surface area contributed by atoms with Crippen molar-refractivity contribution in [1.29, 1.82) is 0 Å². The molecular weight excluding hydrogens is 444 g/mol. The molecule has 0 saturated heterocycles. The first kappa shape index (κ1) is 21.1. The van der Waals surface area contributed by atoms with E-state index in [0.29, 0.717) is 29.3 Å². The Hall–Kier alpha value is -2.14. The van der Waals surface area contributed by atoms with Crippen LogP contribution in [-0.2, 0) is 26.0 Å². The number of hydrogen-bond acceptors (Lipinski definition) is 6. The molecule has 0 radical (unpaired) electrons. The lowest BCUT2D eigenvalue weighted by Crippen LogP contribution is -2.22. The molecule has 0 bridgehead atoms. The molecule has 2 heterocycles. The van der Waals surface area contributed by atoms with Crippen LogP contribution >= 0.6 is 35.3 Å². The molecule has 2 aromatic carbocycles. The van der Waals surface area contributed by atoms with Gasteiger partial charge in [-0.25, -0.2) is 18.4 Å². The summed E-state index contributed by atoms with van der Waals surface area (Å²) in [5.41, 5.74) is 1.69. The van der Waals surface area contributed by atoms with Crippen LogP contribution in [0.4, 0.5) is 8.78 Å². The molecule has 0 amide bonds. The summed E-state index contributed by atoms with van der Waals surface area (Å²) in [6, 6.07) is 12.0. The normalized spacial score (nSPS) is 11.6. The molecule has 0 aliphatic heterocycles. The maximum atomic E-state index is 13.4. The molecule has 4 aromatic rings. The molecule has 0 N–H and O–H groups in total. The number of thiazole rings is 1. The van der Waals surface area contributed by atoms with Crippen LogP contribution < -0.4 is 0 Å². The highest BCUT2D eigenvalue weighted by Gasteiger charge is 2.12. The quantitative estimate of drug-likeness (QED) is 0.278. The molecular formula is C20H19F2N5S3. The van der Waals surface area contributed by atoms with E-state index in [9.17, 15) is 8.78 Å². The Morgan fingerprint density at radius 3 is 2.73 bits per heavy atom. The Bertz CT molecular complexity index is 1210. The zero-order valence-corrected chi connectivity index (χ0v) is 18.8. The lowest BCUT2D eigenvalue weighted by Gasteiger charge is -2.16. The number of fused-ring (bicyclic) bond motifs is 1. The highest BCUT2D eigenvalue weighted by atomic mass is 32.2. The molecule has 5 nitrogen and oxygen atoms in total. The molecule has 10 heteroatoms. The summed E-state index contributed by atoms with van der Waals surface area (Å²) < 4.78 is 32.9. The number of rotatable bonds is 7. The molecule has 156 valence electrons. The number of hydrogen-bond donors (Lipinski definition) is 0. The maximum Gasteiger partial charge on any atom is 0.198 e. The molecule has 2 aromatic heterocycles. The first-order valence-electron chi connectivity index (χ1n) is 9.14. The van der Waals surface area contributed by atoms with Crippen molar-refractivity contribution in [2.24, 2.45) is 7.05 Å². The van der Waals surface area contributed by atoms with Gasteiger partial charge in [0.2, 0.25) is 0 Å².